The lowest BCUT2D eigenvalue weighted by molar-refractivity contribution is -0.120. The molecule has 0 bridgehead atoms. The van der Waals surface area contributed by atoms with Crippen LogP contribution in [-0.4, -0.2) is 5.91 Å². The summed E-state index contributed by atoms with van der Waals surface area (Å²) in [5, 5.41) is 3.87. The van der Waals surface area contributed by atoms with Gasteiger partial charge in [0.05, 0.1) is 0 Å². The summed E-state index contributed by atoms with van der Waals surface area (Å²) in [4.78, 5) is 12.4. The third-order valence-corrected chi connectivity index (χ3v) is 4.32. The lowest BCUT2D eigenvalue weighted by Gasteiger charge is -2.21. The highest BCUT2D eigenvalue weighted by Gasteiger charge is 2.21. The van der Waals surface area contributed by atoms with E-state index < -0.39 is 0 Å². The first-order chi connectivity index (χ1) is 9.67. The van der Waals surface area contributed by atoms with Gasteiger partial charge in [-0.05, 0) is 49.3 Å². The van der Waals surface area contributed by atoms with Crippen LogP contribution in [0.15, 0.2) is 24.3 Å². The Kier molecular flexibility index (Phi) is 5.24. The van der Waals surface area contributed by atoms with Crippen molar-refractivity contribution in [1.29, 1.82) is 0 Å². The zero-order valence-electron chi connectivity index (χ0n) is 12.2. The fraction of sp³-hybridized carbons (Fsp3) is 0.471. The molecule has 1 unspecified atom stereocenters. The molecule has 1 aliphatic rings. The summed E-state index contributed by atoms with van der Waals surface area (Å²) >= 11 is 6.27. The van der Waals surface area contributed by atoms with Crippen LogP contribution < -0.4 is 5.32 Å². The van der Waals surface area contributed by atoms with Crippen molar-refractivity contribution >= 4 is 23.2 Å². The van der Waals surface area contributed by atoms with E-state index in [4.69, 9.17) is 11.6 Å². The maximum Gasteiger partial charge on any atom is 0.227 e. The molecule has 1 atom stereocenters. The molecular formula is C17H22ClNO. The van der Waals surface area contributed by atoms with Crippen LogP contribution in [0.4, 0.5) is 5.69 Å². The number of amides is 1. The number of nitrogens with one attached hydrogen (secondary N) is 1. The topological polar surface area (TPSA) is 29.1 Å². The van der Waals surface area contributed by atoms with Gasteiger partial charge in [-0.3, -0.25) is 4.79 Å². The zero-order chi connectivity index (χ0) is 14.5. The summed E-state index contributed by atoms with van der Waals surface area (Å²) in [6.45, 7) is 4.17. The van der Waals surface area contributed by atoms with Gasteiger partial charge in [0, 0.05) is 16.6 Å². The van der Waals surface area contributed by atoms with Gasteiger partial charge < -0.3 is 5.32 Å². The first-order valence-corrected chi connectivity index (χ1v) is 7.81. The number of carbonyl (C=O) groups excluding carboxylic acids is 1. The van der Waals surface area contributed by atoms with Gasteiger partial charge >= 0.3 is 0 Å². The Labute approximate surface area is 126 Å². The number of hydrogen-bond donors (Lipinski definition) is 1. The molecule has 1 amide bonds. The molecule has 108 valence electrons. The van der Waals surface area contributed by atoms with Crippen LogP contribution in [0.1, 0.15) is 44.2 Å². The fourth-order valence-corrected chi connectivity index (χ4v) is 3.02. The first kappa shape index (κ1) is 15.1. The Bertz CT molecular complexity index is 522. The van der Waals surface area contributed by atoms with E-state index in [1.165, 1.54) is 0 Å². The van der Waals surface area contributed by atoms with Crippen molar-refractivity contribution < 1.29 is 4.79 Å². The predicted molar refractivity (Wildman–Crippen MR) is 85.3 cm³/mol. The minimum atomic E-state index is 0.0911. The smallest absolute Gasteiger partial charge is 0.227 e. The zero-order valence-corrected chi connectivity index (χ0v) is 13.0. The Balaban J connectivity index is 2.25. The first-order valence-electron chi connectivity index (χ1n) is 7.43. The van der Waals surface area contributed by atoms with Crippen molar-refractivity contribution in [3.63, 3.8) is 0 Å². The molecule has 1 aromatic carbocycles. The molecule has 3 heteroatoms. The molecule has 1 aliphatic carbocycles. The molecule has 0 fully saturated rings. The van der Waals surface area contributed by atoms with Crippen molar-refractivity contribution in [2.45, 2.75) is 46.0 Å². The summed E-state index contributed by atoms with van der Waals surface area (Å²) in [7, 11) is 0. The second-order valence-corrected chi connectivity index (χ2v) is 5.65. The number of allylic oxidation sites excluding steroid dienone is 2. The van der Waals surface area contributed by atoms with Gasteiger partial charge in [-0.25, -0.2) is 0 Å². The minimum absolute atomic E-state index is 0.0911. The molecule has 2 rings (SSSR count). The monoisotopic (exact) mass is 291 g/mol. The Morgan fingerprint density at radius 2 is 2.10 bits per heavy atom. The Hall–Kier alpha value is -1.28. The maximum absolute atomic E-state index is 12.4. The number of halogens is 1. The van der Waals surface area contributed by atoms with Crippen molar-refractivity contribution in [2.75, 3.05) is 5.32 Å². The average Bonchev–Trinajstić information content (AvgIpc) is 2.48. The van der Waals surface area contributed by atoms with E-state index >= 15 is 0 Å². The maximum atomic E-state index is 12.4. The second-order valence-electron chi connectivity index (χ2n) is 5.24. The highest BCUT2D eigenvalue weighted by Crippen LogP contribution is 2.30. The van der Waals surface area contributed by atoms with Gasteiger partial charge in [0.15, 0.2) is 0 Å². The van der Waals surface area contributed by atoms with E-state index in [9.17, 15) is 4.79 Å². The molecule has 20 heavy (non-hydrogen) atoms. The van der Waals surface area contributed by atoms with Gasteiger partial charge in [-0.2, -0.15) is 0 Å². The number of carbonyl (C=O) groups is 1. The third-order valence-electron chi connectivity index (χ3n) is 3.96. The van der Waals surface area contributed by atoms with Crippen LogP contribution in [0.25, 0.3) is 0 Å². The lowest BCUT2D eigenvalue weighted by Crippen LogP contribution is -2.24. The highest BCUT2D eigenvalue weighted by atomic mass is 35.5. The summed E-state index contributed by atoms with van der Waals surface area (Å²) < 4.78 is 0. The van der Waals surface area contributed by atoms with Gasteiger partial charge in [0.2, 0.25) is 5.91 Å². The predicted octanol–water partition coefficient (Wildman–Crippen LogP) is 4.76. The number of hydrogen-bond acceptors (Lipinski definition) is 1. The second kappa shape index (κ2) is 6.94. The van der Waals surface area contributed by atoms with Gasteiger partial charge in [-0.15, -0.1) is 0 Å². The normalized spacial score (nSPS) is 18.1. The summed E-state index contributed by atoms with van der Waals surface area (Å²) in [5.41, 5.74) is 3.14. The van der Waals surface area contributed by atoms with Crippen LogP contribution in [0.5, 0.6) is 0 Å². The molecule has 0 saturated heterocycles. The van der Waals surface area contributed by atoms with Gasteiger partial charge in [0.1, 0.15) is 0 Å². The summed E-state index contributed by atoms with van der Waals surface area (Å²) in [5.74, 6) is 0.217. The molecular weight excluding hydrogens is 270 g/mol. The molecule has 0 spiro atoms. The lowest BCUT2D eigenvalue weighted by atomic mass is 9.93. The Morgan fingerprint density at radius 3 is 2.70 bits per heavy atom. The van der Waals surface area contributed by atoms with E-state index in [0.29, 0.717) is 0 Å². The average molecular weight is 292 g/mol. The van der Waals surface area contributed by atoms with Crippen molar-refractivity contribution in [2.24, 2.45) is 5.92 Å². The molecule has 1 N–H and O–H groups in total. The third kappa shape index (κ3) is 3.24. The van der Waals surface area contributed by atoms with E-state index in [-0.39, 0.29) is 11.8 Å². The van der Waals surface area contributed by atoms with Gasteiger partial charge in [-0.1, -0.05) is 43.7 Å². The number of benzene rings is 1. The molecule has 1 aromatic rings. The van der Waals surface area contributed by atoms with Crippen molar-refractivity contribution in [3.05, 3.63) is 40.4 Å². The van der Waals surface area contributed by atoms with Crippen LogP contribution in [0, 0.1) is 5.92 Å². The van der Waals surface area contributed by atoms with Crippen LogP contribution in [0.3, 0.4) is 0 Å². The van der Waals surface area contributed by atoms with E-state index in [1.54, 1.807) is 0 Å². The standard InChI is InChI=1S/C17H22ClNO/c1-3-12-10-11-15(18)14(4-2)16(12)19-17(20)13-8-6-5-7-9-13/h5-6,10-11,13H,3-4,7-9H2,1-2H3,(H,19,20). The fourth-order valence-electron chi connectivity index (χ4n) is 2.72. The molecule has 0 aliphatic heterocycles. The molecule has 2 nitrogen and oxygen atoms in total. The largest absolute Gasteiger partial charge is 0.325 e. The number of rotatable bonds is 4. The molecule has 0 heterocycles. The molecule has 0 radical (unpaired) electrons. The molecule has 0 aromatic heterocycles. The van der Waals surface area contributed by atoms with E-state index in [2.05, 4.69) is 31.3 Å². The Morgan fingerprint density at radius 1 is 1.30 bits per heavy atom. The summed E-state index contributed by atoms with van der Waals surface area (Å²) in [6.07, 6.45) is 8.75. The van der Waals surface area contributed by atoms with Crippen molar-refractivity contribution in [1.82, 2.24) is 0 Å². The summed E-state index contributed by atoms with van der Waals surface area (Å²) in [6, 6.07) is 3.94. The number of anilines is 1. The van der Waals surface area contributed by atoms with E-state index in [1.807, 2.05) is 12.1 Å². The molecule has 0 saturated carbocycles. The van der Waals surface area contributed by atoms with Gasteiger partial charge in [0.25, 0.3) is 0 Å². The quantitative estimate of drug-likeness (QED) is 0.796. The number of aryl methyl sites for hydroxylation is 1. The van der Waals surface area contributed by atoms with Crippen LogP contribution in [-0.2, 0) is 17.6 Å². The van der Waals surface area contributed by atoms with Crippen LogP contribution in [0.2, 0.25) is 5.02 Å². The highest BCUT2D eigenvalue weighted by molar-refractivity contribution is 6.32. The van der Waals surface area contributed by atoms with E-state index in [0.717, 1.165) is 53.9 Å². The minimum Gasteiger partial charge on any atom is -0.325 e. The SMILES string of the molecule is CCc1ccc(Cl)c(CC)c1NC(=O)C1CC=CCC1. The van der Waals surface area contributed by atoms with Crippen molar-refractivity contribution in [3.8, 4) is 0 Å². The van der Waals surface area contributed by atoms with Crippen LogP contribution >= 0.6 is 11.6 Å².